The smallest absolute Gasteiger partial charge is 0.277 e. The molecule has 0 aliphatic rings. The second-order valence-electron chi connectivity index (χ2n) is 6.06. The Kier molecular flexibility index (Phi) is 5.12. The number of nitrogens with one attached hydrogen (secondary N) is 1. The average Bonchev–Trinajstić information content (AvgIpc) is 3.17. The molecule has 1 N–H and O–H groups in total. The van der Waals surface area contributed by atoms with E-state index in [1.807, 2.05) is 56.3 Å². The van der Waals surface area contributed by atoms with E-state index < -0.39 is 0 Å². The first-order chi connectivity index (χ1) is 13.6. The van der Waals surface area contributed by atoms with Crippen molar-refractivity contribution in [1.82, 2.24) is 20.2 Å². The second kappa shape index (κ2) is 7.85. The number of hydrogen-bond acceptors (Lipinski definition) is 7. The van der Waals surface area contributed by atoms with Gasteiger partial charge >= 0.3 is 0 Å². The van der Waals surface area contributed by atoms with Crippen molar-refractivity contribution in [3.8, 4) is 17.2 Å². The van der Waals surface area contributed by atoms with E-state index in [0.29, 0.717) is 34.4 Å². The second-order valence-corrected chi connectivity index (χ2v) is 7.35. The Morgan fingerprint density at radius 1 is 1.14 bits per heavy atom. The van der Waals surface area contributed by atoms with Gasteiger partial charge < -0.3 is 14.1 Å². The van der Waals surface area contributed by atoms with Crippen LogP contribution >= 0.6 is 11.8 Å². The Morgan fingerprint density at radius 3 is 2.71 bits per heavy atom. The lowest BCUT2D eigenvalue weighted by Gasteiger charge is -2.08. The van der Waals surface area contributed by atoms with Gasteiger partial charge in [-0.05, 0) is 50.2 Å². The molecular formula is C20H18N4O3S. The van der Waals surface area contributed by atoms with Crippen LogP contribution < -0.4 is 10.3 Å². The maximum absolute atomic E-state index is 12.3. The molecule has 0 spiro atoms. The number of para-hydroxylation sites is 1. The molecule has 0 bridgehead atoms. The van der Waals surface area contributed by atoms with E-state index in [0.717, 1.165) is 11.3 Å². The van der Waals surface area contributed by atoms with E-state index >= 15 is 0 Å². The van der Waals surface area contributed by atoms with Crippen LogP contribution in [-0.2, 0) is 0 Å². The van der Waals surface area contributed by atoms with Crippen molar-refractivity contribution >= 4 is 22.7 Å². The van der Waals surface area contributed by atoms with Crippen molar-refractivity contribution in [1.29, 1.82) is 0 Å². The number of benzene rings is 2. The highest BCUT2D eigenvalue weighted by molar-refractivity contribution is 7.99. The minimum atomic E-state index is -0.161. The fraction of sp³-hybridized carbons (Fsp3) is 0.200. The van der Waals surface area contributed by atoms with E-state index in [1.54, 1.807) is 6.07 Å². The van der Waals surface area contributed by atoms with Gasteiger partial charge in [-0.25, -0.2) is 4.98 Å². The predicted octanol–water partition coefficient (Wildman–Crippen LogP) is 4.23. The van der Waals surface area contributed by atoms with Crippen molar-refractivity contribution in [3.63, 3.8) is 0 Å². The minimum absolute atomic E-state index is 0.159. The molecule has 4 aromatic rings. The van der Waals surface area contributed by atoms with Crippen molar-refractivity contribution in [3.05, 3.63) is 64.7 Å². The van der Waals surface area contributed by atoms with Gasteiger partial charge in [0.1, 0.15) is 11.6 Å². The predicted molar refractivity (Wildman–Crippen MR) is 108 cm³/mol. The summed E-state index contributed by atoms with van der Waals surface area (Å²) in [5.41, 5.74) is 1.32. The van der Waals surface area contributed by atoms with E-state index in [-0.39, 0.29) is 10.8 Å². The molecule has 2 aromatic heterocycles. The number of nitrogens with zero attached hydrogens (tertiary/aromatic N) is 3. The van der Waals surface area contributed by atoms with Crippen LogP contribution in [0.5, 0.6) is 5.75 Å². The van der Waals surface area contributed by atoms with Crippen LogP contribution in [-0.4, -0.2) is 26.8 Å². The summed E-state index contributed by atoms with van der Waals surface area (Å²) in [4.78, 5) is 19.6. The molecule has 2 heterocycles. The van der Waals surface area contributed by atoms with E-state index in [4.69, 9.17) is 9.15 Å². The lowest BCUT2D eigenvalue weighted by molar-refractivity contribution is 0.340. The number of H-pyrrole nitrogens is 1. The number of fused-ring (bicyclic) bond motifs is 1. The van der Waals surface area contributed by atoms with Crippen LogP contribution in [0.15, 0.2) is 63.0 Å². The first kappa shape index (κ1) is 18.2. The molecule has 1 atom stereocenters. The average molecular weight is 394 g/mol. The van der Waals surface area contributed by atoms with E-state index in [1.165, 1.54) is 11.8 Å². The SMILES string of the molecule is CCOc1ccc(-c2nnc(SC(C)c3nc4ccccc4c(=O)[nH]3)o2)cc1. The third kappa shape index (κ3) is 3.77. The zero-order valence-corrected chi connectivity index (χ0v) is 16.2. The number of hydrogen-bond donors (Lipinski definition) is 1. The van der Waals surface area contributed by atoms with Gasteiger partial charge in [0.2, 0.25) is 5.89 Å². The Morgan fingerprint density at radius 2 is 1.93 bits per heavy atom. The van der Waals surface area contributed by atoms with Gasteiger partial charge in [0.25, 0.3) is 10.8 Å². The Bertz CT molecular complexity index is 1150. The zero-order valence-electron chi connectivity index (χ0n) is 15.4. The van der Waals surface area contributed by atoms with Gasteiger partial charge in [0.15, 0.2) is 0 Å². The Hall–Kier alpha value is -3.13. The quantitative estimate of drug-likeness (QED) is 0.489. The highest BCUT2D eigenvalue weighted by Crippen LogP contribution is 2.33. The summed E-state index contributed by atoms with van der Waals surface area (Å²) in [7, 11) is 0. The van der Waals surface area contributed by atoms with Gasteiger partial charge in [-0.15, -0.1) is 10.2 Å². The van der Waals surface area contributed by atoms with Gasteiger partial charge in [0.05, 0.1) is 22.8 Å². The normalized spacial score (nSPS) is 12.2. The summed E-state index contributed by atoms with van der Waals surface area (Å²) >= 11 is 1.34. The molecule has 28 heavy (non-hydrogen) atoms. The fourth-order valence-electron chi connectivity index (χ4n) is 2.74. The first-order valence-electron chi connectivity index (χ1n) is 8.86. The monoisotopic (exact) mass is 394 g/mol. The van der Waals surface area contributed by atoms with Gasteiger partial charge in [-0.1, -0.05) is 23.9 Å². The molecule has 0 aliphatic carbocycles. The van der Waals surface area contributed by atoms with Crippen LogP contribution in [0.3, 0.4) is 0 Å². The minimum Gasteiger partial charge on any atom is -0.494 e. The Balaban J connectivity index is 1.53. The lowest BCUT2D eigenvalue weighted by atomic mass is 10.2. The van der Waals surface area contributed by atoms with Gasteiger partial charge in [-0.2, -0.15) is 0 Å². The molecule has 2 aromatic carbocycles. The fourth-order valence-corrected chi connectivity index (χ4v) is 3.48. The molecule has 0 saturated carbocycles. The number of rotatable bonds is 6. The summed E-state index contributed by atoms with van der Waals surface area (Å²) in [5, 5.41) is 9.02. The molecule has 4 rings (SSSR count). The van der Waals surface area contributed by atoms with Crippen molar-refractivity contribution in [2.24, 2.45) is 0 Å². The third-order valence-electron chi connectivity index (χ3n) is 4.11. The number of aromatic nitrogens is 4. The third-order valence-corrected chi connectivity index (χ3v) is 5.06. The number of aromatic amines is 1. The summed E-state index contributed by atoms with van der Waals surface area (Å²) in [6.07, 6.45) is 0. The number of ether oxygens (including phenoxy) is 1. The lowest BCUT2D eigenvalue weighted by Crippen LogP contribution is -2.12. The summed E-state index contributed by atoms with van der Waals surface area (Å²) in [5.74, 6) is 1.78. The molecule has 1 unspecified atom stereocenters. The maximum atomic E-state index is 12.3. The molecule has 142 valence electrons. The largest absolute Gasteiger partial charge is 0.494 e. The zero-order chi connectivity index (χ0) is 19.5. The molecule has 8 heteroatoms. The topological polar surface area (TPSA) is 93.9 Å². The van der Waals surface area contributed by atoms with E-state index in [9.17, 15) is 4.79 Å². The van der Waals surface area contributed by atoms with Gasteiger partial charge in [0, 0.05) is 5.56 Å². The van der Waals surface area contributed by atoms with Gasteiger partial charge in [-0.3, -0.25) is 4.79 Å². The van der Waals surface area contributed by atoms with Crippen molar-refractivity contribution < 1.29 is 9.15 Å². The number of thioether (sulfide) groups is 1. The summed E-state index contributed by atoms with van der Waals surface area (Å²) in [6, 6.07) is 14.7. The van der Waals surface area contributed by atoms with Crippen molar-refractivity contribution in [2.45, 2.75) is 24.3 Å². The standard InChI is InChI=1S/C20H18N4O3S/c1-3-26-14-10-8-13(9-11-14)19-23-24-20(27-19)28-12(2)17-21-16-7-5-4-6-15(16)18(25)22-17/h4-12H,3H2,1-2H3,(H,21,22,25). The van der Waals surface area contributed by atoms with Crippen LogP contribution in [0.4, 0.5) is 0 Å². The summed E-state index contributed by atoms with van der Waals surface area (Å²) in [6.45, 7) is 4.48. The van der Waals surface area contributed by atoms with Crippen LogP contribution in [0.1, 0.15) is 24.9 Å². The van der Waals surface area contributed by atoms with Crippen LogP contribution in [0.25, 0.3) is 22.4 Å². The maximum Gasteiger partial charge on any atom is 0.277 e. The molecule has 0 saturated heterocycles. The summed E-state index contributed by atoms with van der Waals surface area (Å²) < 4.78 is 11.2. The van der Waals surface area contributed by atoms with E-state index in [2.05, 4.69) is 20.2 Å². The molecule has 0 radical (unpaired) electrons. The van der Waals surface area contributed by atoms with Crippen LogP contribution in [0, 0.1) is 0 Å². The highest BCUT2D eigenvalue weighted by atomic mass is 32.2. The van der Waals surface area contributed by atoms with Crippen molar-refractivity contribution in [2.75, 3.05) is 6.61 Å². The van der Waals surface area contributed by atoms with Crippen LogP contribution in [0.2, 0.25) is 0 Å². The first-order valence-corrected chi connectivity index (χ1v) is 9.74. The molecule has 0 aliphatic heterocycles. The Labute approximate surface area is 165 Å². The molecule has 0 fully saturated rings. The molecule has 7 nitrogen and oxygen atoms in total. The molecular weight excluding hydrogens is 376 g/mol. The molecule has 0 amide bonds. The highest BCUT2D eigenvalue weighted by Gasteiger charge is 2.17.